The maximum Gasteiger partial charge on any atom is 0.306 e. The molecular formula is C25H28ClNO5. The predicted octanol–water partition coefficient (Wildman–Crippen LogP) is 5.06. The Balaban J connectivity index is 1.39. The summed E-state index contributed by atoms with van der Waals surface area (Å²) in [5.74, 6) is -0.488. The van der Waals surface area contributed by atoms with E-state index in [0.717, 1.165) is 18.4 Å². The number of aryl methyl sites for hydroxylation is 1. The SMILES string of the molecule is Cc1cc(C(=O)NCCCC(=O)c2ccc(OC3CCC(C(=O)O)CC3)cc2)ccc1Cl. The summed E-state index contributed by atoms with van der Waals surface area (Å²) in [6.45, 7) is 2.25. The van der Waals surface area contributed by atoms with E-state index < -0.39 is 5.97 Å². The first kappa shape index (κ1) is 23.8. The van der Waals surface area contributed by atoms with Gasteiger partial charge in [0.2, 0.25) is 0 Å². The molecule has 2 N–H and O–H groups in total. The summed E-state index contributed by atoms with van der Waals surface area (Å²) >= 11 is 5.98. The third kappa shape index (κ3) is 6.57. The van der Waals surface area contributed by atoms with Crippen LogP contribution < -0.4 is 10.1 Å². The highest BCUT2D eigenvalue weighted by Crippen LogP contribution is 2.28. The molecule has 3 rings (SSSR count). The molecule has 0 atom stereocenters. The van der Waals surface area contributed by atoms with Crippen LogP contribution in [0.2, 0.25) is 5.02 Å². The number of carbonyl (C=O) groups excluding carboxylic acids is 2. The number of carboxylic acid groups (broad SMARTS) is 1. The van der Waals surface area contributed by atoms with Gasteiger partial charge in [0.05, 0.1) is 12.0 Å². The van der Waals surface area contributed by atoms with E-state index >= 15 is 0 Å². The Labute approximate surface area is 192 Å². The fraction of sp³-hybridized carbons (Fsp3) is 0.400. The van der Waals surface area contributed by atoms with Gasteiger partial charge in [0.15, 0.2) is 5.78 Å². The summed E-state index contributed by atoms with van der Waals surface area (Å²) in [5, 5.41) is 12.5. The van der Waals surface area contributed by atoms with Crippen LogP contribution in [0.4, 0.5) is 0 Å². The number of hydrogen-bond acceptors (Lipinski definition) is 4. The van der Waals surface area contributed by atoms with Crippen molar-refractivity contribution in [3.8, 4) is 5.75 Å². The molecule has 6 nitrogen and oxygen atoms in total. The van der Waals surface area contributed by atoms with Gasteiger partial charge in [0.1, 0.15) is 5.75 Å². The largest absolute Gasteiger partial charge is 0.490 e. The Morgan fingerprint density at radius 2 is 1.69 bits per heavy atom. The average molecular weight is 458 g/mol. The summed E-state index contributed by atoms with van der Waals surface area (Å²) in [6.07, 6.45) is 3.59. The highest BCUT2D eigenvalue weighted by molar-refractivity contribution is 6.31. The Kier molecular flexibility index (Phi) is 8.28. The first-order valence-corrected chi connectivity index (χ1v) is 11.3. The smallest absolute Gasteiger partial charge is 0.306 e. The van der Waals surface area contributed by atoms with Crippen LogP contribution in [0.3, 0.4) is 0 Å². The Morgan fingerprint density at radius 3 is 2.31 bits per heavy atom. The van der Waals surface area contributed by atoms with Crippen molar-refractivity contribution in [2.24, 2.45) is 5.92 Å². The molecule has 0 radical (unpaired) electrons. The van der Waals surface area contributed by atoms with Crippen molar-refractivity contribution < 1.29 is 24.2 Å². The molecule has 0 spiro atoms. The summed E-state index contributed by atoms with van der Waals surface area (Å²) in [5.41, 5.74) is 1.99. The molecule has 1 saturated carbocycles. The van der Waals surface area contributed by atoms with Gasteiger partial charge in [-0.25, -0.2) is 0 Å². The molecule has 7 heteroatoms. The van der Waals surface area contributed by atoms with Gasteiger partial charge >= 0.3 is 5.97 Å². The number of Topliss-reactive ketones (excluding diaryl/α,β-unsaturated/α-hetero) is 1. The van der Waals surface area contributed by atoms with E-state index in [-0.39, 0.29) is 23.7 Å². The molecule has 2 aromatic carbocycles. The van der Waals surface area contributed by atoms with E-state index in [0.29, 0.717) is 54.1 Å². The normalized spacial score (nSPS) is 18.1. The van der Waals surface area contributed by atoms with Crippen molar-refractivity contribution in [3.05, 3.63) is 64.2 Å². The van der Waals surface area contributed by atoms with Crippen LogP contribution in [-0.4, -0.2) is 35.4 Å². The summed E-state index contributed by atoms with van der Waals surface area (Å²) in [4.78, 5) is 35.7. The lowest BCUT2D eigenvalue weighted by molar-refractivity contribution is -0.143. The minimum absolute atomic E-state index is 0.00935. The minimum Gasteiger partial charge on any atom is -0.490 e. The van der Waals surface area contributed by atoms with E-state index in [1.807, 2.05) is 6.92 Å². The van der Waals surface area contributed by atoms with E-state index in [4.69, 9.17) is 21.4 Å². The van der Waals surface area contributed by atoms with Crippen molar-refractivity contribution in [3.63, 3.8) is 0 Å². The molecule has 1 fully saturated rings. The monoisotopic (exact) mass is 457 g/mol. The fourth-order valence-electron chi connectivity index (χ4n) is 3.82. The van der Waals surface area contributed by atoms with Gasteiger partial charge in [-0.1, -0.05) is 11.6 Å². The summed E-state index contributed by atoms with van der Waals surface area (Å²) in [7, 11) is 0. The second-order valence-electron chi connectivity index (χ2n) is 8.20. The van der Waals surface area contributed by atoms with Crippen molar-refractivity contribution in [1.29, 1.82) is 0 Å². The van der Waals surface area contributed by atoms with Crippen molar-refractivity contribution in [2.45, 2.75) is 51.6 Å². The third-order valence-electron chi connectivity index (χ3n) is 5.79. The highest BCUT2D eigenvalue weighted by atomic mass is 35.5. The fourth-order valence-corrected chi connectivity index (χ4v) is 3.94. The number of carboxylic acids is 1. The molecule has 0 aliphatic heterocycles. The second kappa shape index (κ2) is 11.1. The van der Waals surface area contributed by atoms with Crippen molar-refractivity contribution in [1.82, 2.24) is 5.32 Å². The molecule has 0 bridgehead atoms. The van der Waals surface area contributed by atoms with Crippen LogP contribution >= 0.6 is 11.6 Å². The van der Waals surface area contributed by atoms with Gasteiger partial charge in [-0.05, 0) is 87.1 Å². The molecule has 0 aromatic heterocycles. The first-order chi connectivity index (χ1) is 15.3. The van der Waals surface area contributed by atoms with Gasteiger partial charge in [0, 0.05) is 29.1 Å². The number of ketones is 1. The molecule has 0 heterocycles. The van der Waals surface area contributed by atoms with Gasteiger partial charge < -0.3 is 15.2 Å². The molecule has 0 saturated heterocycles. The number of ether oxygens (including phenoxy) is 1. The topological polar surface area (TPSA) is 92.7 Å². The average Bonchev–Trinajstić information content (AvgIpc) is 2.79. The van der Waals surface area contributed by atoms with Crippen LogP contribution in [0.1, 0.15) is 64.8 Å². The summed E-state index contributed by atoms with van der Waals surface area (Å²) in [6, 6.07) is 12.2. The lowest BCUT2D eigenvalue weighted by Gasteiger charge is -2.26. The van der Waals surface area contributed by atoms with Crippen molar-refractivity contribution >= 4 is 29.3 Å². The highest BCUT2D eigenvalue weighted by Gasteiger charge is 2.26. The van der Waals surface area contributed by atoms with Crippen LogP contribution in [-0.2, 0) is 4.79 Å². The first-order valence-electron chi connectivity index (χ1n) is 10.9. The zero-order valence-electron chi connectivity index (χ0n) is 18.1. The predicted molar refractivity (Wildman–Crippen MR) is 123 cm³/mol. The maximum atomic E-state index is 12.4. The van der Waals surface area contributed by atoms with Gasteiger partial charge in [0.25, 0.3) is 5.91 Å². The molecule has 1 amide bonds. The standard InChI is InChI=1S/C25H28ClNO5/c1-16-15-19(8-13-22(16)26)24(29)27-14-2-3-23(28)17-4-9-20(10-5-17)32-21-11-6-18(7-12-21)25(30)31/h4-5,8-10,13,15,18,21H,2-3,6-7,11-12,14H2,1H3,(H,27,29)(H,30,31). The molecule has 170 valence electrons. The van der Waals surface area contributed by atoms with E-state index in [9.17, 15) is 14.4 Å². The number of aliphatic carboxylic acids is 1. The van der Waals surface area contributed by atoms with E-state index in [1.165, 1.54) is 0 Å². The molecule has 1 aliphatic carbocycles. The number of nitrogens with one attached hydrogen (secondary N) is 1. The van der Waals surface area contributed by atoms with E-state index in [2.05, 4.69) is 5.32 Å². The molecule has 32 heavy (non-hydrogen) atoms. The molecule has 0 unspecified atom stereocenters. The van der Waals surface area contributed by atoms with E-state index in [1.54, 1.807) is 42.5 Å². The number of rotatable bonds is 9. The van der Waals surface area contributed by atoms with Crippen LogP contribution in [0.15, 0.2) is 42.5 Å². The quantitative estimate of drug-likeness (QED) is 0.405. The Bertz CT molecular complexity index is 965. The minimum atomic E-state index is -0.731. The number of hydrogen-bond donors (Lipinski definition) is 2. The number of amides is 1. The van der Waals surface area contributed by atoms with Crippen LogP contribution in [0, 0.1) is 12.8 Å². The maximum absolute atomic E-state index is 12.4. The van der Waals surface area contributed by atoms with Gasteiger partial charge in [-0.2, -0.15) is 0 Å². The lowest BCUT2D eigenvalue weighted by Crippen LogP contribution is -2.27. The zero-order valence-corrected chi connectivity index (χ0v) is 18.9. The third-order valence-corrected chi connectivity index (χ3v) is 6.21. The lowest BCUT2D eigenvalue weighted by atomic mass is 9.87. The Morgan fingerprint density at radius 1 is 1.03 bits per heavy atom. The van der Waals surface area contributed by atoms with Gasteiger partial charge in [-0.3, -0.25) is 14.4 Å². The summed E-state index contributed by atoms with van der Waals surface area (Å²) < 4.78 is 5.94. The number of halogens is 1. The molecule has 2 aromatic rings. The zero-order chi connectivity index (χ0) is 23.1. The molecular weight excluding hydrogens is 430 g/mol. The molecule has 1 aliphatic rings. The van der Waals surface area contributed by atoms with Crippen LogP contribution in [0.25, 0.3) is 0 Å². The Hall–Kier alpha value is -2.86. The van der Waals surface area contributed by atoms with Crippen LogP contribution in [0.5, 0.6) is 5.75 Å². The number of carbonyl (C=O) groups is 3. The van der Waals surface area contributed by atoms with Crippen molar-refractivity contribution in [2.75, 3.05) is 6.54 Å². The second-order valence-corrected chi connectivity index (χ2v) is 8.61. The van der Waals surface area contributed by atoms with Gasteiger partial charge in [-0.15, -0.1) is 0 Å². The number of benzene rings is 2.